The van der Waals surface area contributed by atoms with E-state index in [9.17, 15) is 9.90 Å². The Morgan fingerprint density at radius 1 is 1.42 bits per heavy atom. The lowest BCUT2D eigenvalue weighted by Crippen LogP contribution is -1.90. The van der Waals surface area contributed by atoms with Gasteiger partial charge in [0.15, 0.2) is 0 Å². The number of carbonyl (C=O) groups excluding carboxylic acids is 1. The third-order valence-electron chi connectivity index (χ3n) is 1.43. The lowest BCUT2D eigenvalue weighted by atomic mass is 10.1. The van der Waals surface area contributed by atoms with Crippen LogP contribution in [0.2, 0.25) is 0 Å². The van der Waals surface area contributed by atoms with E-state index in [4.69, 9.17) is 16.7 Å². The van der Waals surface area contributed by atoms with Gasteiger partial charge in [0.1, 0.15) is 23.2 Å². The number of aldehydes is 1. The van der Waals surface area contributed by atoms with E-state index in [0.717, 1.165) is 6.07 Å². The molecule has 64 valence electrons. The van der Waals surface area contributed by atoms with Gasteiger partial charge in [-0.3, -0.25) is 0 Å². The molecule has 1 atom stereocenters. The van der Waals surface area contributed by atoms with Crippen molar-refractivity contribution in [2.75, 3.05) is 0 Å². The Hall–Kier alpha value is -1.22. The summed E-state index contributed by atoms with van der Waals surface area (Å²) in [4.78, 5) is 10.2. The van der Waals surface area contributed by atoms with Crippen LogP contribution in [-0.2, 0) is 4.79 Å². The minimum absolute atomic E-state index is 0.0639. The van der Waals surface area contributed by atoms with E-state index >= 15 is 0 Å². The maximum absolute atomic E-state index is 10.2. The highest BCUT2D eigenvalue weighted by atomic mass is 35.5. The van der Waals surface area contributed by atoms with Gasteiger partial charge in [-0.1, -0.05) is 0 Å². The van der Waals surface area contributed by atoms with E-state index in [2.05, 4.69) is 0 Å². The quantitative estimate of drug-likeness (QED) is 0.545. The maximum atomic E-state index is 10.2. The van der Waals surface area contributed by atoms with Crippen molar-refractivity contribution < 1.29 is 15.0 Å². The molecule has 0 radical (unpaired) electrons. The molecule has 12 heavy (non-hydrogen) atoms. The highest BCUT2D eigenvalue weighted by molar-refractivity contribution is 6.27. The molecule has 0 fully saturated rings. The van der Waals surface area contributed by atoms with Crippen LogP contribution >= 0.6 is 11.6 Å². The van der Waals surface area contributed by atoms with Crippen LogP contribution < -0.4 is 0 Å². The van der Waals surface area contributed by atoms with E-state index in [1.165, 1.54) is 12.1 Å². The summed E-state index contributed by atoms with van der Waals surface area (Å²) >= 11 is 5.54. The normalized spacial score (nSPS) is 12.4. The number of hydrogen-bond donors (Lipinski definition) is 2. The number of aromatic hydroxyl groups is 2. The van der Waals surface area contributed by atoms with E-state index in [-0.39, 0.29) is 11.5 Å². The van der Waals surface area contributed by atoms with Crippen LogP contribution in [0.25, 0.3) is 0 Å². The molecular weight excluding hydrogens is 180 g/mol. The first-order valence-electron chi connectivity index (χ1n) is 3.26. The average molecular weight is 187 g/mol. The second-order valence-electron chi connectivity index (χ2n) is 2.28. The number of alkyl halides is 1. The summed E-state index contributed by atoms with van der Waals surface area (Å²) in [7, 11) is 0. The van der Waals surface area contributed by atoms with E-state index < -0.39 is 5.38 Å². The third-order valence-corrected chi connectivity index (χ3v) is 1.77. The lowest BCUT2D eigenvalue weighted by Gasteiger charge is -2.04. The molecule has 0 aliphatic heterocycles. The molecule has 0 saturated carbocycles. The third kappa shape index (κ3) is 1.68. The molecule has 1 aromatic carbocycles. The van der Waals surface area contributed by atoms with Crippen molar-refractivity contribution in [1.82, 2.24) is 0 Å². The van der Waals surface area contributed by atoms with Crippen LogP contribution in [0.3, 0.4) is 0 Å². The molecular formula is C8H7ClO3. The number of rotatable bonds is 2. The van der Waals surface area contributed by atoms with E-state index in [0.29, 0.717) is 11.8 Å². The van der Waals surface area contributed by atoms with Crippen LogP contribution in [0.15, 0.2) is 18.2 Å². The van der Waals surface area contributed by atoms with E-state index in [1.807, 2.05) is 0 Å². The van der Waals surface area contributed by atoms with Gasteiger partial charge in [0.25, 0.3) is 0 Å². The van der Waals surface area contributed by atoms with Gasteiger partial charge >= 0.3 is 0 Å². The number of hydrogen-bond acceptors (Lipinski definition) is 3. The maximum Gasteiger partial charge on any atom is 0.142 e. The molecule has 0 saturated heterocycles. The SMILES string of the molecule is O=CC(Cl)c1ccc(O)cc1O. The average Bonchev–Trinajstić information content (AvgIpc) is 2.03. The summed E-state index contributed by atoms with van der Waals surface area (Å²) in [5.74, 6) is -0.242. The predicted molar refractivity (Wildman–Crippen MR) is 44.4 cm³/mol. The Bertz CT molecular complexity index is 298. The topological polar surface area (TPSA) is 57.5 Å². The van der Waals surface area contributed by atoms with Crippen molar-refractivity contribution in [3.63, 3.8) is 0 Å². The van der Waals surface area contributed by atoms with Crippen LogP contribution in [0.1, 0.15) is 10.9 Å². The van der Waals surface area contributed by atoms with Crippen molar-refractivity contribution in [3.05, 3.63) is 23.8 Å². The molecule has 0 aliphatic carbocycles. The largest absolute Gasteiger partial charge is 0.508 e. The van der Waals surface area contributed by atoms with Gasteiger partial charge < -0.3 is 15.0 Å². The molecule has 0 aliphatic rings. The monoisotopic (exact) mass is 186 g/mol. The fraction of sp³-hybridized carbons (Fsp3) is 0.125. The Kier molecular flexibility index (Phi) is 2.55. The first-order chi connectivity index (χ1) is 5.65. The van der Waals surface area contributed by atoms with Gasteiger partial charge in [0, 0.05) is 11.6 Å². The number of carbonyl (C=O) groups is 1. The Balaban J connectivity index is 3.09. The predicted octanol–water partition coefficient (Wildman–Crippen LogP) is 1.58. The second kappa shape index (κ2) is 3.45. The van der Waals surface area contributed by atoms with Gasteiger partial charge in [-0.25, -0.2) is 0 Å². The van der Waals surface area contributed by atoms with Gasteiger partial charge in [0.2, 0.25) is 0 Å². The van der Waals surface area contributed by atoms with Gasteiger partial charge in [-0.2, -0.15) is 0 Å². The highest BCUT2D eigenvalue weighted by Gasteiger charge is 2.10. The molecule has 0 aromatic heterocycles. The molecule has 1 rings (SSSR count). The molecule has 1 aromatic rings. The highest BCUT2D eigenvalue weighted by Crippen LogP contribution is 2.30. The fourth-order valence-electron chi connectivity index (χ4n) is 0.839. The first-order valence-corrected chi connectivity index (χ1v) is 3.70. The van der Waals surface area contributed by atoms with Crippen LogP contribution in [0, 0.1) is 0 Å². The Morgan fingerprint density at radius 2 is 2.08 bits per heavy atom. The molecule has 0 heterocycles. The fourth-order valence-corrected chi connectivity index (χ4v) is 1.02. The number of phenols is 2. The molecule has 2 N–H and O–H groups in total. The van der Waals surface area contributed by atoms with Crippen LogP contribution in [0.5, 0.6) is 11.5 Å². The number of halogens is 1. The molecule has 1 unspecified atom stereocenters. The lowest BCUT2D eigenvalue weighted by molar-refractivity contribution is -0.107. The summed E-state index contributed by atoms with van der Waals surface area (Å²) < 4.78 is 0. The summed E-state index contributed by atoms with van der Waals surface area (Å²) in [6.07, 6.45) is 0.508. The summed E-state index contributed by atoms with van der Waals surface area (Å²) in [6.45, 7) is 0. The summed E-state index contributed by atoms with van der Waals surface area (Å²) in [5.41, 5.74) is 0.296. The minimum Gasteiger partial charge on any atom is -0.508 e. The second-order valence-corrected chi connectivity index (χ2v) is 2.75. The van der Waals surface area contributed by atoms with Crippen LogP contribution in [-0.4, -0.2) is 16.5 Å². The van der Waals surface area contributed by atoms with Crippen molar-refractivity contribution in [2.45, 2.75) is 5.38 Å². The minimum atomic E-state index is -0.870. The molecule has 0 bridgehead atoms. The van der Waals surface area contributed by atoms with Crippen molar-refractivity contribution in [2.24, 2.45) is 0 Å². The zero-order valence-electron chi connectivity index (χ0n) is 6.07. The number of phenolic OH excluding ortho intramolecular Hbond substituents is 2. The van der Waals surface area contributed by atoms with Gasteiger partial charge in [0.05, 0.1) is 0 Å². The first kappa shape index (κ1) is 8.87. The standard InChI is InChI=1S/C8H7ClO3/c9-7(4-10)6-2-1-5(11)3-8(6)12/h1-4,7,11-12H. The van der Waals surface area contributed by atoms with Crippen molar-refractivity contribution in [3.8, 4) is 11.5 Å². The Morgan fingerprint density at radius 3 is 2.58 bits per heavy atom. The molecule has 0 spiro atoms. The zero-order valence-corrected chi connectivity index (χ0v) is 6.82. The van der Waals surface area contributed by atoms with E-state index in [1.54, 1.807) is 0 Å². The van der Waals surface area contributed by atoms with Crippen LogP contribution in [0.4, 0.5) is 0 Å². The summed E-state index contributed by atoms with van der Waals surface area (Å²) in [5, 5.41) is 17.2. The van der Waals surface area contributed by atoms with Gasteiger partial charge in [-0.15, -0.1) is 11.6 Å². The van der Waals surface area contributed by atoms with Crippen molar-refractivity contribution in [1.29, 1.82) is 0 Å². The molecule has 3 nitrogen and oxygen atoms in total. The van der Waals surface area contributed by atoms with Gasteiger partial charge in [-0.05, 0) is 12.1 Å². The molecule has 4 heteroatoms. The zero-order chi connectivity index (χ0) is 9.14. The smallest absolute Gasteiger partial charge is 0.142 e. The summed E-state index contributed by atoms with van der Waals surface area (Å²) in [6, 6.07) is 3.89. The number of benzene rings is 1. The molecule has 0 amide bonds. The Labute approximate surface area is 74.2 Å². The van der Waals surface area contributed by atoms with Crippen molar-refractivity contribution >= 4 is 17.9 Å².